The molecule has 0 aliphatic heterocycles. The molecule has 0 spiro atoms. The number of nitro groups is 1. The van der Waals surface area contributed by atoms with E-state index in [0.29, 0.717) is 11.4 Å². The van der Waals surface area contributed by atoms with Gasteiger partial charge >= 0.3 is 6.09 Å². The SMILES string of the molecule is CC(C)(C)OC(=O)Nc1cccc(OCCNC(=O)c2cc([N+](=O)[O-])ccc2Cl)c1. The van der Waals surface area contributed by atoms with Crippen LogP contribution in [0.1, 0.15) is 31.1 Å². The predicted molar refractivity (Wildman–Crippen MR) is 112 cm³/mol. The topological polar surface area (TPSA) is 120 Å². The number of nitrogens with one attached hydrogen (secondary N) is 2. The van der Waals surface area contributed by atoms with E-state index in [0.717, 1.165) is 6.07 Å². The van der Waals surface area contributed by atoms with Gasteiger partial charge in [0.1, 0.15) is 18.0 Å². The fourth-order valence-corrected chi connectivity index (χ4v) is 2.52. The fraction of sp³-hybridized carbons (Fsp3) is 0.300. The second-order valence-electron chi connectivity index (χ2n) is 7.18. The van der Waals surface area contributed by atoms with E-state index in [-0.39, 0.29) is 29.4 Å². The summed E-state index contributed by atoms with van der Waals surface area (Å²) in [5.74, 6) is -0.0705. The molecule has 10 heteroatoms. The van der Waals surface area contributed by atoms with Gasteiger partial charge in [0.25, 0.3) is 11.6 Å². The Kier molecular flexibility index (Phi) is 7.60. The van der Waals surface area contributed by atoms with Crippen molar-refractivity contribution in [1.29, 1.82) is 0 Å². The van der Waals surface area contributed by atoms with Gasteiger partial charge in [0.05, 0.1) is 22.1 Å². The number of anilines is 1. The molecule has 2 aromatic rings. The van der Waals surface area contributed by atoms with Crippen LogP contribution in [0.25, 0.3) is 0 Å². The largest absolute Gasteiger partial charge is 0.492 e. The van der Waals surface area contributed by atoms with Crippen molar-refractivity contribution in [3.63, 3.8) is 0 Å². The smallest absolute Gasteiger partial charge is 0.412 e. The molecule has 160 valence electrons. The van der Waals surface area contributed by atoms with Crippen LogP contribution < -0.4 is 15.4 Å². The van der Waals surface area contributed by atoms with Gasteiger partial charge in [-0.1, -0.05) is 17.7 Å². The van der Waals surface area contributed by atoms with E-state index < -0.39 is 22.5 Å². The Labute approximate surface area is 178 Å². The van der Waals surface area contributed by atoms with E-state index in [4.69, 9.17) is 21.1 Å². The minimum absolute atomic E-state index is 0.00873. The second-order valence-corrected chi connectivity index (χ2v) is 7.59. The van der Waals surface area contributed by atoms with E-state index in [9.17, 15) is 19.7 Å². The Morgan fingerprint density at radius 1 is 1.17 bits per heavy atom. The average Bonchev–Trinajstić information content (AvgIpc) is 2.64. The summed E-state index contributed by atoms with van der Waals surface area (Å²) in [6.07, 6.45) is -0.583. The first-order chi connectivity index (χ1) is 14.0. The molecule has 0 heterocycles. The third-order valence-corrected chi connectivity index (χ3v) is 3.87. The zero-order valence-corrected chi connectivity index (χ0v) is 17.5. The van der Waals surface area contributed by atoms with Crippen molar-refractivity contribution in [2.24, 2.45) is 0 Å². The number of non-ortho nitro benzene ring substituents is 1. The number of amides is 2. The minimum atomic E-state index is -0.613. The summed E-state index contributed by atoms with van der Waals surface area (Å²) in [4.78, 5) is 34.3. The Hall–Kier alpha value is -3.33. The molecule has 0 fully saturated rings. The molecule has 0 bridgehead atoms. The quantitative estimate of drug-likeness (QED) is 0.377. The summed E-state index contributed by atoms with van der Waals surface area (Å²) in [6, 6.07) is 10.3. The summed E-state index contributed by atoms with van der Waals surface area (Å²) in [5.41, 5.74) is -0.336. The highest BCUT2D eigenvalue weighted by atomic mass is 35.5. The normalized spacial score (nSPS) is 10.8. The van der Waals surface area contributed by atoms with Crippen LogP contribution in [-0.2, 0) is 4.74 Å². The van der Waals surface area contributed by atoms with Crippen LogP contribution in [0.4, 0.5) is 16.2 Å². The van der Waals surface area contributed by atoms with Crippen LogP contribution in [0.3, 0.4) is 0 Å². The summed E-state index contributed by atoms with van der Waals surface area (Å²) >= 11 is 5.94. The summed E-state index contributed by atoms with van der Waals surface area (Å²) < 4.78 is 10.7. The lowest BCUT2D eigenvalue weighted by atomic mass is 10.2. The molecular formula is C20H22ClN3O6. The van der Waals surface area contributed by atoms with Crippen LogP contribution in [0, 0.1) is 10.1 Å². The molecule has 9 nitrogen and oxygen atoms in total. The monoisotopic (exact) mass is 435 g/mol. The predicted octanol–water partition coefficient (Wildman–Crippen LogP) is 4.40. The minimum Gasteiger partial charge on any atom is -0.492 e. The molecule has 0 aliphatic carbocycles. The molecule has 2 amide bonds. The molecule has 0 radical (unpaired) electrons. The van der Waals surface area contributed by atoms with Crippen molar-refractivity contribution < 1.29 is 24.0 Å². The Balaban J connectivity index is 1.86. The van der Waals surface area contributed by atoms with Crippen molar-refractivity contribution in [3.8, 4) is 5.75 Å². The van der Waals surface area contributed by atoms with Gasteiger partial charge in [-0.2, -0.15) is 0 Å². The highest BCUT2D eigenvalue weighted by Gasteiger charge is 2.17. The number of halogens is 1. The highest BCUT2D eigenvalue weighted by molar-refractivity contribution is 6.33. The van der Waals surface area contributed by atoms with Gasteiger partial charge in [-0.25, -0.2) is 4.79 Å². The van der Waals surface area contributed by atoms with Crippen LogP contribution in [0.5, 0.6) is 5.75 Å². The van der Waals surface area contributed by atoms with Crippen molar-refractivity contribution in [1.82, 2.24) is 5.32 Å². The molecule has 0 aromatic heterocycles. The number of nitrogens with zero attached hydrogens (tertiary/aromatic N) is 1. The van der Waals surface area contributed by atoms with Crippen LogP contribution in [0.15, 0.2) is 42.5 Å². The maximum absolute atomic E-state index is 12.2. The van der Waals surface area contributed by atoms with E-state index in [1.807, 2.05) is 0 Å². The Morgan fingerprint density at radius 2 is 1.90 bits per heavy atom. The molecule has 30 heavy (non-hydrogen) atoms. The highest BCUT2D eigenvalue weighted by Crippen LogP contribution is 2.22. The first-order valence-corrected chi connectivity index (χ1v) is 9.38. The standard InChI is InChI=1S/C20H22ClN3O6/c1-20(2,3)30-19(26)23-13-5-4-6-15(11-13)29-10-9-22-18(25)16-12-14(24(27)28)7-8-17(16)21/h4-8,11-12H,9-10H2,1-3H3,(H,22,25)(H,23,26). The number of hydrogen-bond acceptors (Lipinski definition) is 6. The third-order valence-electron chi connectivity index (χ3n) is 3.54. The summed E-state index contributed by atoms with van der Waals surface area (Å²) in [7, 11) is 0. The van der Waals surface area contributed by atoms with Gasteiger partial charge in [-0.05, 0) is 39.0 Å². The van der Waals surface area contributed by atoms with Crippen LogP contribution in [-0.4, -0.2) is 35.7 Å². The maximum atomic E-state index is 12.2. The summed E-state index contributed by atoms with van der Waals surface area (Å²) in [5, 5.41) is 16.2. The molecule has 0 saturated heterocycles. The average molecular weight is 436 g/mol. The van der Waals surface area contributed by atoms with Gasteiger partial charge in [0.15, 0.2) is 0 Å². The number of benzene rings is 2. The first kappa shape index (κ1) is 23.0. The number of hydrogen-bond donors (Lipinski definition) is 2. The van der Waals surface area contributed by atoms with Gasteiger partial charge in [-0.15, -0.1) is 0 Å². The molecule has 2 N–H and O–H groups in total. The number of rotatable bonds is 7. The van der Waals surface area contributed by atoms with Crippen molar-refractivity contribution in [2.75, 3.05) is 18.5 Å². The van der Waals surface area contributed by atoms with Gasteiger partial charge in [0, 0.05) is 23.9 Å². The van der Waals surface area contributed by atoms with Crippen LogP contribution in [0.2, 0.25) is 5.02 Å². The lowest BCUT2D eigenvalue weighted by Crippen LogP contribution is -2.28. The van der Waals surface area contributed by atoms with E-state index in [2.05, 4.69) is 10.6 Å². The zero-order chi connectivity index (χ0) is 22.3. The molecule has 2 rings (SSSR count). The zero-order valence-electron chi connectivity index (χ0n) is 16.7. The van der Waals surface area contributed by atoms with Crippen molar-refractivity contribution >= 4 is 35.0 Å². The molecule has 0 aliphatic rings. The third kappa shape index (κ3) is 7.25. The molecule has 0 atom stereocenters. The number of carbonyl (C=O) groups is 2. The Bertz CT molecular complexity index is 942. The fourth-order valence-electron chi connectivity index (χ4n) is 2.31. The lowest BCUT2D eigenvalue weighted by molar-refractivity contribution is -0.384. The maximum Gasteiger partial charge on any atom is 0.412 e. The number of nitro benzene ring substituents is 1. The van der Waals surface area contributed by atoms with Gasteiger partial charge < -0.3 is 14.8 Å². The Morgan fingerprint density at radius 3 is 2.57 bits per heavy atom. The molecule has 2 aromatic carbocycles. The van der Waals surface area contributed by atoms with E-state index in [1.54, 1.807) is 45.0 Å². The summed E-state index contributed by atoms with van der Waals surface area (Å²) in [6.45, 7) is 5.57. The molecular weight excluding hydrogens is 414 g/mol. The van der Waals surface area contributed by atoms with Crippen molar-refractivity contribution in [3.05, 3.63) is 63.2 Å². The van der Waals surface area contributed by atoms with E-state index in [1.165, 1.54) is 12.1 Å². The molecule has 0 saturated carbocycles. The van der Waals surface area contributed by atoms with E-state index >= 15 is 0 Å². The van der Waals surface area contributed by atoms with Gasteiger partial charge in [0.2, 0.25) is 0 Å². The first-order valence-electron chi connectivity index (χ1n) is 9.00. The van der Waals surface area contributed by atoms with Crippen molar-refractivity contribution in [2.45, 2.75) is 26.4 Å². The van der Waals surface area contributed by atoms with Crippen LogP contribution >= 0.6 is 11.6 Å². The number of carbonyl (C=O) groups excluding carboxylic acids is 2. The number of ether oxygens (including phenoxy) is 2. The van der Waals surface area contributed by atoms with Gasteiger partial charge in [-0.3, -0.25) is 20.2 Å². The molecule has 0 unspecified atom stereocenters. The lowest BCUT2D eigenvalue weighted by Gasteiger charge is -2.19. The second kappa shape index (κ2) is 9.93.